The summed E-state index contributed by atoms with van der Waals surface area (Å²) in [5.41, 5.74) is 1.61. The molecular weight excluding hydrogens is 314 g/mol. The SMILES string of the molecule is O=C(O)CCc1csc(-c2cc(Cl)c3c(c2)OCCO3)n1. The smallest absolute Gasteiger partial charge is 0.303 e. The van der Waals surface area contributed by atoms with Gasteiger partial charge in [-0.3, -0.25) is 4.79 Å². The highest BCUT2D eigenvalue weighted by molar-refractivity contribution is 7.13. The van der Waals surface area contributed by atoms with E-state index in [-0.39, 0.29) is 6.42 Å². The van der Waals surface area contributed by atoms with Gasteiger partial charge in [0.2, 0.25) is 0 Å². The fraction of sp³-hybridized carbons (Fsp3) is 0.286. The van der Waals surface area contributed by atoms with Gasteiger partial charge in [0, 0.05) is 17.4 Å². The molecular formula is C14H12ClNO4S. The molecule has 0 unspecified atom stereocenters. The Bertz CT molecular complexity index is 686. The quantitative estimate of drug-likeness (QED) is 0.934. The van der Waals surface area contributed by atoms with Gasteiger partial charge in [-0.15, -0.1) is 11.3 Å². The number of aromatic nitrogens is 1. The molecule has 2 heterocycles. The molecule has 5 nitrogen and oxygen atoms in total. The van der Waals surface area contributed by atoms with Gasteiger partial charge in [0.25, 0.3) is 0 Å². The molecule has 0 aliphatic carbocycles. The average Bonchev–Trinajstić information content (AvgIpc) is 2.94. The summed E-state index contributed by atoms with van der Waals surface area (Å²) in [4.78, 5) is 15.0. The molecule has 0 fully saturated rings. The largest absolute Gasteiger partial charge is 0.486 e. The standard InChI is InChI=1S/C14H12ClNO4S/c15-10-5-8(6-11-13(10)20-4-3-19-11)14-16-9(7-21-14)1-2-12(17)18/h5-7H,1-4H2,(H,17,18). The third kappa shape index (κ3) is 3.11. The Labute approximate surface area is 130 Å². The molecule has 2 aromatic rings. The van der Waals surface area contributed by atoms with E-state index in [0.717, 1.165) is 16.3 Å². The van der Waals surface area contributed by atoms with Crippen molar-refractivity contribution in [1.29, 1.82) is 0 Å². The van der Waals surface area contributed by atoms with E-state index in [4.69, 9.17) is 26.2 Å². The number of benzene rings is 1. The second-order valence-corrected chi connectivity index (χ2v) is 5.79. The van der Waals surface area contributed by atoms with Crippen LogP contribution in [0.3, 0.4) is 0 Å². The van der Waals surface area contributed by atoms with Crippen molar-refractivity contribution in [3.05, 3.63) is 28.2 Å². The Balaban J connectivity index is 1.87. The summed E-state index contributed by atoms with van der Waals surface area (Å²) >= 11 is 7.66. The lowest BCUT2D eigenvalue weighted by atomic mass is 10.2. The Hall–Kier alpha value is -1.79. The maximum absolute atomic E-state index is 10.6. The minimum Gasteiger partial charge on any atom is -0.486 e. The van der Waals surface area contributed by atoms with Crippen LogP contribution in [0, 0.1) is 0 Å². The second kappa shape index (κ2) is 5.91. The highest BCUT2D eigenvalue weighted by Gasteiger charge is 2.18. The minimum atomic E-state index is -0.827. The number of fused-ring (bicyclic) bond motifs is 1. The van der Waals surface area contributed by atoms with Crippen molar-refractivity contribution in [2.24, 2.45) is 0 Å². The van der Waals surface area contributed by atoms with Crippen molar-refractivity contribution < 1.29 is 19.4 Å². The molecule has 0 spiro atoms. The molecule has 7 heteroatoms. The van der Waals surface area contributed by atoms with Crippen LogP contribution in [0.25, 0.3) is 10.6 Å². The summed E-state index contributed by atoms with van der Waals surface area (Å²) in [6, 6.07) is 3.63. The first-order chi connectivity index (χ1) is 10.1. The lowest BCUT2D eigenvalue weighted by Crippen LogP contribution is -2.15. The average molecular weight is 326 g/mol. The number of hydrogen-bond acceptors (Lipinski definition) is 5. The number of carboxylic acid groups (broad SMARTS) is 1. The molecule has 21 heavy (non-hydrogen) atoms. The molecule has 1 N–H and O–H groups in total. The number of carbonyl (C=O) groups is 1. The zero-order chi connectivity index (χ0) is 14.8. The Morgan fingerprint density at radius 3 is 3.00 bits per heavy atom. The van der Waals surface area contributed by atoms with Crippen molar-refractivity contribution in [3.63, 3.8) is 0 Å². The van der Waals surface area contributed by atoms with Crippen molar-refractivity contribution in [2.45, 2.75) is 12.8 Å². The van der Waals surface area contributed by atoms with Crippen molar-refractivity contribution >= 4 is 28.9 Å². The Morgan fingerprint density at radius 1 is 1.38 bits per heavy atom. The zero-order valence-electron chi connectivity index (χ0n) is 11.0. The molecule has 110 valence electrons. The van der Waals surface area contributed by atoms with Crippen LogP contribution < -0.4 is 9.47 Å². The van der Waals surface area contributed by atoms with Crippen molar-refractivity contribution in [3.8, 4) is 22.1 Å². The summed E-state index contributed by atoms with van der Waals surface area (Å²) in [5, 5.41) is 11.8. The van der Waals surface area contributed by atoms with Gasteiger partial charge in [-0.1, -0.05) is 11.6 Å². The van der Waals surface area contributed by atoms with Crippen LogP contribution in [0.5, 0.6) is 11.5 Å². The van der Waals surface area contributed by atoms with Gasteiger partial charge in [0.05, 0.1) is 17.1 Å². The number of aliphatic carboxylic acids is 1. The summed E-state index contributed by atoms with van der Waals surface area (Å²) < 4.78 is 11.0. The van der Waals surface area contributed by atoms with Gasteiger partial charge in [-0.25, -0.2) is 4.98 Å². The lowest BCUT2D eigenvalue weighted by Gasteiger charge is -2.19. The first-order valence-corrected chi connectivity index (χ1v) is 7.65. The number of hydrogen-bond donors (Lipinski definition) is 1. The first kappa shape index (κ1) is 14.2. The fourth-order valence-electron chi connectivity index (χ4n) is 2.02. The summed E-state index contributed by atoms with van der Waals surface area (Å²) in [7, 11) is 0. The third-order valence-corrected chi connectivity index (χ3v) is 4.21. The molecule has 1 aliphatic heterocycles. The molecule has 0 radical (unpaired) electrons. The monoisotopic (exact) mass is 325 g/mol. The molecule has 3 rings (SSSR count). The van der Waals surface area contributed by atoms with E-state index in [2.05, 4.69) is 4.98 Å². The Kier molecular flexibility index (Phi) is 3.98. The second-order valence-electron chi connectivity index (χ2n) is 4.52. The molecule has 0 amide bonds. The number of halogens is 1. The molecule has 0 saturated heterocycles. The molecule has 0 atom stereocenters. The van der Waals surface area contributed by atoms with E-state index in [1.54, 1.807) is 6.07 Å². The van der Waals surface area contributed by atoms with Crippen molar-refractivity contribution in [1.82, 2.24) is 4.98 Å². The number of ether oxygens (including phenoxy) is 2. The predicted octanol–water partition coefficient (Wildman–Crippen LogP) is 3.25. The summed E-state index contributed by atoms with van der Waals surface area (Å²) in [6.45, 7) is 0.983. The van der Waals surface area contributed by atoms with Gasteiger partial charge in [-0.05, 0) is 12.1 Å². The van der Waals surface area contributed by atoms with Crippen LogP contribution in [0.4, 0.5) is 0 Å². The zero-order valence-corrected chi connectivity index (χ0v) is 12.5. The van der Waals surface area contributed by atoms with E-state index >= 15 is 0 Å². The van der Waals surface area contributed by atoms with E-state index in [1.165, 1.54) is 11.3 Å². The van der Waals surface area contributed by atoms with E-state index in [1.807, 2.05) is 11.4 Å². The molecule has 0 saturated carbocycles. The van der Waals surface area contributed by atoms with Crippen LogP contribution in [0.15, 0.2) is 17.5 Å². The number of aryl methyl sites for hydroxylation is 1. The van der Waals surface area contributed by atoms with Gasteiger partial charge < -0.3 is 14.6 Å². The Morgan fingerprint density at radius 2 is 2.19 bits per heavy atom. The van der Waals surface area contributed by atoms with Gasteiger partial charge in [0.1, 0.15) is 18.2 Å². The van der Waals surface area contributed by atoms with Crippen LogP contribution in [0.1, 0.15) is 12.1 Å². The van der Waals surface area contributed by atoms with Crippen molar-refractivity contribution in [2.75, 3.05) is 13.2 Å². The van der Waals surface area contributed by atoms with Gasteiger partial charge in [0.15, 0.2) is 11.5 Å². The first-order valence-electron chi connectivity index (χ1n) is 6.39. The normalized spacial score (nSPS) is 13.2. The van der Waals surface area contributed by atoms with Crippen LogP contribution in [0.2, 0.25) is 5.02 Å². The van der Waals surface area contributed by atoms with E-state index < -0.39 is 5.97 Å². The van der Waals surface area contributed by atoms with E-state index in [9.17, 15) is 4.79 Å². The maximum Gasteiger partial charge on any atom is 0.303 e. The molecule has 0 bridgehead atoms. The van der Waals surface area contributed by atoms with Gasteiger partial charge in [-0.2, -0.15) is 0 Å². The highest BCUT2D eigenvalue weighted by Crippen LogP contribution is 2.41. The predicted molar refractivity (Wildman–Crippen MR) is 79.5 cm³/mol. The number of nitrogens with zero attached hydrogens (tertiary/aromatic N) is 1. The number of rotatable bonds is 4. The summed E-state index contributed by atoms with van der Waals surface area (Å²) in [6.07, 6.45) is 0.495. The van der Waals surface area contributed by atoms with Crippen LogP contribution in [-0.4, -0.2) is 29.3 Å². The van der Waals surface area contributed by atoms with E-state index in [0.29, 0.717) is 36.2 Å². The topological polar surface area (TPSA) is 68.7 Å². The lowest BCUT2D eigenvalue weighted by molar-refractivity contribution is -0.136. The molecule has 1 aromatic heterocycles. The van der Waals surface area contributed by atoms with Gasteiger partial charge >= 0.3 is 5.97 Å². The number of carboxylic acids is 1. The highest BCUT2D eigenvalue weighted by atomic mass is 35.5. The van der Waals surface area contributed by atoms with Crippen LogP contribution >= 0.6 is 22.9 Å². The van der Waals surface area contributed by atoms with Crippen LogP contribution in [-0.2, 0) is 11.2 Å². The molecule has 1 aliphatic rings. The maximum atomic E-state index is 10.6. The summed E-state index contributed by atoms with van der Waals surface area (Å²) in [5.74, 6) is 0.354. The molecule has 1 aromatic carbocycles. The minimum absolute atomic E-state index is 0.0745. The third-order valence-electron chi connectivity index (χ3n) is 2.99. The number of thiazole rings is 1. The fourth-order valence-corrected chi connectivity index (χ4v) is 3.13.